The zero-order valence-electron chi connectivity index (χ0n) is 13.7. The van der Waals surface area contributed by atoms with Crippen LogP contribution in [0.3, 0.4) is 0 Å². The lowest BCUT2D eigenvalue weighted by atomic mass is 10.1. The Hall–Kier alpha value is -3.15. The lowest BCUT2D eigenvalue weighted by Gasteiger charge is -2.12. The van der Waals surface area contributed by atoms with Crippen LogP contribution in [0.4, 0.5) is 0 Å². The van der Waals surface area contributed by atoms with E-state index in [1.165, 1.54) is 12.1 Å². The number of hydroxylamine groups is 2. The molecule has 0 aliphatic carbocycles. The Bertz CT molecular complexity index is 795. The van der Waals surface area contributed by atoms with Gasteiger partial charge in [-0.3, -0.25) is 9.59 Å². The number of imide groups is 1. The second-order valence-electron chi connectivity index (χ2n) is 5.49. The summed E-state index contributed by atoms with van der Waals surface area (Å²) in [6, 6.07) is 13.8. The molecule has 3 rings (SSSR count). The Kier molecular flexibility index (Phi) is 4.79. The summed E-state index contributed by atoms with van der Waals surface area (Å²) in [6.45, 7) is 2.46. The van der Waals surface area contributed by atoms with Gasteiger partial charge in [0.2, 0.25) is 0 Å². The first-order valence-electron chi connectivity index (χ1n) is 8.00. The Labute approximate surface area is 144 Å². The lowest BCUT2D eigenvalue weighted by Crippen LogP contribution is -2.32. The van der Waals surface area contributed by atoms with E-state index in [0.717, 1.165) is 11.3 Å². The van der Waals surface area contributed by atoms with Crippen LogP contribution < -0.4 is 4.74 Å². The van der Waals surface area contributed by atoms with Crippen LogP contribution in [0.5, 0.6) is 5.75 Å². The molecule has 0 bridgehead atoms. The number of hydrogen-bond acceptors (Lipinski definition) is 5. The van der Waals surface area contributed by atoms with Crippen LogP contribution in [0.2, 0.25) is 0 Å². The highest BCUT2D eigenvalue weighted by molar-refractivity contribution is 6.20. The van der Waals surface area contributed by atoms with Gasteiger partial charge in [-0.05, 0) is 43.2 Å². The molecule has 1 heterocycles. The minimum absolute atomic E-state index is 0.0446. The standard InChI is InChI=1S/C19H17NO5/c1-2-24-14-7-5-6-13(12-14)10-11-17(21)25-20-18(22)15-8-3-4-9-16(15)19(20)23/h3-9,12H,2,10-11H2,1H3. The smallest absolute Gasteiger partial charge is 0.333 e. The van der Waals surface area contributed by atoms with E-state index in [4.69, 9.17) is 9.57 Å². The maximum atomic E-state index is 12.1. The van der Waals surface area contributed by atoms with Crippen LogP contribution in [0, 0.1) is 0 Å². The summed E-state index contributed by atoms with van der Waals surface area (Å²) < 4.78 is 5.41. The molecule has 1 aliphatic heterocycles. The van der Waals surface area contributed by atoms with Crippen LogP contribution in [-0.4, -0.2) is 29.5 Å². The molecule has 0 radical (unpaired) electrons. The van der Waals surface area contributed by atoms with Crippen molar-refractivity contribution in [2.75, 3.05) is 6.61 Å². The van der Waals surface area contributed by atoms with Gasteiger partial charge in [0.15, 0.2) is 0 Å². The van der Waals surface area contributed by atoms with Gasteiger partial charge in [-0.2, -0.15) is 0 Å². The molecule has 6 nitrogen and oxygen atoms in total. The van der Waals surface area contributed by atoms with Crippen LogP contribution in [0.15, 0.2) is 48.5 Å². The zero-order chi connectivity index (χ0) is 17.8. The second kappa shape index (κ2) is 7.17. The molecule has 0 unspecified atom stereocenters. The number of amides is 2. The molecule has 0 saturated heterocycles. The molecular weight excluding hydrogens is 322 g/mol. The summed E-state index contributed by atoms with van der Waals surface area (Å²) in [7, 11) is 0. The van der Waals surface area contributed by atoms with E-state index in [2.05, 4.69) is 0 Å². The highest BCUT2D eigenvalue weighted by atomic mass is 16.7. The molecule has 0 spiro atoms. The lowest BCUT2D eigenvalue weighted by molar-refractivity contribution is -0.168. The largest absolute Gasteiger partial charge is 0.494 e. The first kappa shape index (κ1) is 16.7. The van der Waals surface area contributed by atoms with Gasteiger partial charge in [-0.1, -0.05) is 29.3 Å². The normalized spacial score (nSPS) is 12.9. The number of carbonyl (C=O) groups excluding carboxylic acids is 3. The third-order valence-electron chi connectivity index (χ3n) is 3.78. The van der Waals surface area contributed by atoms with Crippen molar-refractivity contribution < 1.29 is 24.0 Å². The molecule has 1 aliphatic rings. The Balaban J connectivity index is 1.60. The van der Waals surface area contributed by atoms with Crippen molar-refractivity contribution >= 4 is 17.8 Å². The molecule has 2 aromatic rings. The minimum atomic E-state index is -0.642. The topological polar surface area (TPSA) is 72.9 Å². The van der Waals surface area contributed by atoms with Crippen molar-refractivity contribution in [3.05, 3.63) is 65.2 Å². The molecule has 6 heteroatoms. The van der Waals surface area contributed by atoms with Crippen LogP contribution in [0.1, 0.15) is 39.6 Å². The van der Waals surface area contributed by atoms with Gasteiger partial charge < -0.3 is 9.57 Å². The molecule has 2 amide bonds. The number of fused-ring (bicyclic) bond motifs is 1. The summed E-state index contributed by atoms with van der Waals surface area (Å²) in [5.74, 6) is -1.15. The fourth-order valence-corrected chi connectivity index (χ4v) is 2.60. The van der Waals surface area contributed by atoms with Gasteiger partial charge in [0.1, 0.15) is 5.75 Å². The van der Waals surface area contributed by atoms with Crippen LogP contribution in [-0.2, 0) is 16.1 Å². The molecule has 0 atom stereocenters. The fourth-order valence-electron chi connectivity index (χ4n) is 2.60. The third kappa shape index (κ3) is 3.52. The zero-order valence-corrected chi connectivity index (χ0v) is 13.7. The van der Waals surface area contributed by atoms with Crippen molar-refractivity contribution in [3.8, 4) is 5.75 Å². The quantitative estimate of drug-likeness (QED) is 0.757. The predicted molar refractivity (Wildman–Crippen MR) is 89.0 cm³/mol. The molecule has 0 fully saturated rings. The van der Waals surface area contributed by atoms with Gasteiger partial charge in [-0.15, -0.1) is 0 Å². The number of aryl methyl sites for hydroxylation is 1. The van der Waals surface area contributed by atoms with E-state index in [-0.39, 0.29) is 17.5 Å². The number of rotatable bonds is 6. The molecular formula is C19H17NO5. The fraction of sp³-hybridized carbons (Fsp3) is 0.211. The van der Waals surface area contributed by atoms with Gasteiger partial charge in [0.25, 0.3) is 11.8 Å². The Morgan fingerprint density at radius 2 is 1.68 bits per heavy atom. The highest BCUT2D eigenvalue weighted by Crippen LogP contribution is 2.23. The van der Waals surface area contributed by atoms with Crippen molar-refractivity contribution in [2.24, 2.45) is 0 Å². The van der Waals surface area contributed by atoms with E-state index in [1.807, 2.05) is 31.2 Å². The molecule has 0 aromatic heterocycles. The Morgan fingerprint density at radius 1 is 1.00 bits per heavy atom. The molecule has 2 aromatic carbocycles. The van der Waals surface area contributed by atoms with Crippen molar-refractivity contribution in [1.82, 2.24) is 5.06 Å². The Morgan fingerprint density at radius 3 is 2.32 bits per heavy atom. The second-order valence-corrected chi connectivity index (χ2v) is 5.49. The van der Waals surface area contributed by atoms with E-state index >= 15 is 0 Å². The van der Waals surface area contributed by atoms with Crippen molar-refractivity contribution in [3.63, 3.8) is 0 Å². The molecule has 128 valence electrons. The van der Waals surface area contributed by atoms with E-state index < -0.39 is 17.8 Å². The SMILES string of the molecule is CCOc1cccc(CCC(=O)ON2C(=O)c3ccccc3C2=O)c1. The maximum absolute atomic E-state index is 12.1. The summed E-state index contributed by atoms with van der Waals surface area (Å²) in [5.41, 5.74) is 1.39. The average Bonchev–Trinajstić information content (AvgIpc) is 2.86. The van der Waals surface area contributed by atoms with Crippen LogP contribution >= 0.6 is 0 Å². The third-order valence-corrected chi connectivity index (χ3v) is 3.78. The molecule has 0 N–H and O–H groups in total. The van der Waals surface area contributed by atoms with E-state index in [1.54, 1.807) is 12.1 Å². The van der Waals surface area contributed by atoms with Gasteiger partial charge in [0.05, 0.1) is 24.2 Å². The van der Waals surface area contributed by atoms with E-state index in [9.17, 15) is 14.4 Å². The first-order chi connectivity index (χ1) is 12.1. The number of hydrogen-bond donors (Lipinski definition) is 0. The average molecular weight is 339 g/mol. The van der Waals surface area contributed by atoms with Crippen molar-refractivity contribution in [2.45, 2.75) is 19.8 Å². The van der Waals surface area contributed by atoms with Crippen molar-refractivity contribution in [1.29, 1.82) is 0 Å². The minimum Gasteiger partial charge on any atom is -0.494 e. The summed E-state index contributed by atoms with van der Waals surface area (Å²) in [4.78, 5) is 41.3. The number of nitrogens with zero attached hydrogens (tertiary/aromatic N) is 1. The van der Waals surface area contributed by atoms with Gasteiger partial charge >= 0.3 is 5.97 Å². The summed E-state index contributed by atoms with van der Waals surface area (Å²) in [6.07, 6.45) is 0.464. The number of ether oxygens (including phenoxy) is 1. The first-order valence-corrected chi connectivity index (χ1v) is 8.00. The predicted octanol–water partition coefficient (Wildman–Crippen LogP) is 2.77. The van der Waals surface area contributed by atoms with E-state index in [0.29, 0.717) is 18.1 Å². The number of carbonyl (C=O) groups is 3. The highest BCUT2D eigenvalue weighted by Gasteiger charge is 2.38. The molecule has 0 saturated carbocycles. The van der Waals surface area contributed by atoms with Gasteiger partial charge in [0, 0.05) is 0 Å². The molecule has 25 heavy (non-hydrogen) atoms. The monoisotopic (exact) mass is 339 g/mol. The van der Waals surface area contributed by atoms with Crippen LogP contribution in [0.25, 0.3) is 0 Å². The van der Waals surface area contributed by atoms with Gasteiger partial charge in [-0.25, -0.2) is 4.79 Å². The maximum Gasteiger partial charge on any atom is 0.333 e. The summed E-state index contributed by atoms with van der Waals surface area (Å²) in [5, 5.41) is 0.531. The number of benzene rings is 2. The summed E-state index contributed by atoms with van der Waals surface area (Å²) >= 11 is 0.